The van der Waals surface area contributed by atoms with E-state index in [2.05, 4.69) is 4.74 Å². The zero-order chi connectivity index (χ0) is 22.8. The Labute approximate surface area is 181 Å². The van der Waals surface area contributed by atoms with Gasteiger partial charge in [-0.3, -0.25) is 0 Å². The molecule has 8 heteroatoms. The van der Waals surface area contributed by atoms with Gasteiger partial charge in [0, 0.05) is 17.0 Å². The van der Waals surface area contributed by atoms with Gasteiger partial charge < -0.3 is 14.2 Å². The molecule has 1 saturated heterocycles. The lowest BCUT2D eigenvalue weighted by atomic mass is 9.98. The first-order chi connectivity index (χ1) is 15.3. The van der Waals surface area contributed by atoms with E-state index in [0.29, 0.717) is 24.7 Å². The van der Waals surface area contributed by atoms with Gasteiger partial charge in [0.1, 0.15) is 5.82 Å². The van der Waals surface area contributed by atoms with Crippen LogP contribution in [0.4, 0.5) is 22.0 Å². The summed E-state index contributed by atoms with van der Waals surface area (Å²) in [7, 11) is 0. The molecule has 0 aliphatic carbocycles. The largest absolute Gasteiger partial charge is 0.429 e. The highest BCUT2D eigenvalue weighted by molar-refractivity contribution is 5.71. The van der Waals surface area contributed by atoms with Crippen LogP contribution in [0.2, 0.25) is 0 Å². The zero-order valence-corrected chi connectivity index (χ0v) is 17.0. The van der Waals surface area contributed by atoms with Gasteiger partial charge in [0.2, 0.25) is 0 Å². The molecule has 3 aromatic carbocycles. The summed E-state index contributed by atoms with van der Waals surface area (Å²) in [6.07, 6.45) is -0.443. The fourth-order valence-electron chi connectivity index (χ4n) is 3.47. The Balaban J connectivity index is 1.56. The molecule has 0 radical (unpaired) electrons. The van der Waals surface area contributed by atoms with Crippen molar-refractivity contribution in [3.05, 3.63) is 77.6 Å². The highest BCUT2D eigenvalue weighted by Crippen LogP contribution is 2.34. The van der Waals surface area contributed by atoms with Crippen LogP contribution in [-0.4, -0.2) is 19.8 Å². The minimum atomic E-state index is -3.38. The topological polar surface area (TPSA) is 27.7 Å². The Morgan fingerprint density at radius 3 is 1.91 bits per heavy atom. The molecule has 0 N–H and O–H groups in total. The fraction of sp³-hybridized carbons (Fsp3) is 0.250. The number of hydrogen-bond acceptors (Lipinski definition) is 3. The molecule has 1 heterocycles. The Bertz CT molecular complexity index is 1070. The van der Waals surface area contributed by atoms with Gasteiger partial charge in [0.05, 0.1) is 13.2 Å². The summed E-state index contributed by atoms with van der Waals surface area (Å²) in [6, 6.07) is 12.9. The lowest BCUT2D eigenvalue weighted by Gasteiger charge is -2.27. The SMILES string of the molecule is CC1COC(c2ccc(-c3ccc(-c4cc(F)c(OC(F)F)c(F)c4)c(F)c3)cc2)OC1. The average Bonchev–Trinajstić information content (AvgIpc) is 2.76. The van der Waals surface area contributed by atoms with E-state index in [1.807, 2.05) is 19.1 Å². The van der Waals surface area contributed by atoms with Crippen molar-refractivity contribution < 1.29 is 36.2 Å². The molecule has 0 spiro atoms. The van der Waals surface area contributed by atoms with E-state index in [1.165, 1.54) is 12.1 Å². The van der Waals surface area contributed by atoms with Gasteiger partial charge >= 0.3 is 6.61 Å². The third-order valence-corrected chi connectivity index (χ3v) is 5.07. The minimum Gasteiger partial charge on any atom is -0.429 e. The number of rotatable bonds is 5. The van der Waals surface area contributed by atoms with Crippen LogP contribution in [0, 0.1) is 23.4 Å². The Kier molecular flexibility index (Phi) is 6.43. The summed E-state index contributed by atoms with van der Waals surface area (Å²) in [5.74, 6) is -4.29. The molecule has 4 rings (SSSR count). The number of alkyl halides is 2. The van der Waals surface area contributed by atoms with Crippen LogP contribution in [0.25, 0.3) is 22.3 Å². The van der Waals surface area contributed by atoms with Gasteiger partial charge in [0.15, 0.2) is 23.7 Å². The van der Waals surface area contributed by atoms with Gasteiger partial charge in [-0.15, -0.1) is 0 Å². The van der Waals surface area contributed by atoms with Crippen LogP contribution in [0.3, 0.4) is 0 Å². The van der Waals surface area contributed by atoms with E-state index >= 15 is 0 Å². The lowest BCUT2D eigenvalue weighted by Crippen LogP contribution is -2.24. The van der Waals surface area contributed by atoms with Gasteiger partial charge in [-0.25, -0.2) is 13.2 Å². The average molecular weight is 450 g/mol. The molecular weight excluding hydrogens is 431 g/mol. The van der Waals surface area contributed by atoms with E-state index in [-0.39, 0.29) is 11.1 Å². The van der Waals surface area contributed by atoms with Crippen molar-refractivity contribution in [2.45, 2.75) is 19.8 Å². The van der Waals surface area contributed by atoms with Crippen molar-refractivity contribution in [3.8, 4) is 28.0 Å². The quantitative estimate of drug-likeness (QED) is 0.404. The van der Waals surface area contributed by atoms with Crippen LogP contribution in [0.5, 0.6) is 5.75 Å². The summed E-state index contributed by atoms with van der Waals surface area (Å²) >= 11 is 0. The van der Waals surface area contributed by atoms with Gasteiger partial charge in [-0.1, -0.05) is 43.3 Å². The summed E-state index contributed by atoms with van der Waals surface area (Å²) < 4.78 is 82.5. The molecule has 0 unspecified atom stereocenters. The third-order valence-electron chi connectivity index (χ3n) is 5.07. The van der Waals surface area contributed by atoms with E-state index < -0.39 is 36.1 Å². The molecule has 1 aliphatic heterocycles. The molecule has 0 saturated carbocycles. The first-order valence-electron chi connectivity index (χ1n) is 9.89. The minimum absolute atomic E-state index is 0.0788. The number of hydrogen-bond donors (Lipinski definition) is 0. The Hall–Kier alpha value is -2.97. The summed E-state index contributed by atoms with van der Waals surface area (Å²) in [5.41, 5.74) is 1.90. The van der Waals surface area contributed by atoms with E-state index in [0.717, 1.165) is 23.3 Å². The molecule has 3 aromatic rings. The van der Waals surface area contributed by atoms with Crippen molar-refractivity contribution in [1.82, 2.24) is 0 Å². The van der Waals surface area contributed by atoms with Crippen molar-refractivity contribution in [3.63, 3.8) is 0 Å². The van der Waals surface area contributed by atoms with Gasteiger partial charge in [-0.2, -0.15) is 8.78 Å². The summed E-state index contributed by atoms with van der Waals surface area (Å²) in [6.45, 7) is -0.135. The molecule has 1 aliphatic rings. The van der Waals surface area contributed by atoms with Gasteiger partial charge in [-0.05, 0) is 34.9 Å². The molecule has 0 amide bonds. The molecule has 0 atom stereocenters. The van der Waals surface area contributed by atoms with E-state index in [1.54, 1.807) is 18.2 Å². The fourth-order valence-corrected chi connectivity index (χ4v) is 3.47. The van der Waals surface area contributed by atoms with Crippen LogP contribution in [-0.2, 0) is 9.47 Å². The first-order valence-corrected chi connectivity index (χ1v) is 9.89. The maximum Gasteiger partial charge on any atom is 0.387 e. The summed E-state index contributed by atoms with van der Waals surface area (Å²) in [5, 5.41) is 0. The second-order valence-corrected chi connectivity index (χ2v) is 7.57. The smallest absolute Gasteiger partial charge is 0.387 e. The second kappa shape index (κ2) is 9.26. The molecule has 0 bridgehead atoms. The highest BCUT2D eigenvalue weighted by atomic mass is 19.3. The molecule has 3 nitrogen and oxygen atoms in total. The molecule has 32 heavy (non-hydrogen) atoms. The normalized spacial score (nSPS) is 18.7. The molecule has 168 valence electrons. The van der Waals surface area contributed by atoms with Crippen molar-refractivity contribution in [1.29, 1.82) is 0 Å². The van der Waals surface area contributed by atoms with Crippen LogP contribution < -0.4 is 4.74 Å². The van der Waals surface area contributed by atoms with Crippen LogP contribution in [0.15, 0.2) is 54.6 Å². The van der Waals surface area contributed by atoms with E-state index in [4.69, 9.17) is 9.47 Å². The predicted molar refractivity (Wildman–Crippen MR) is 108 cm³/mol. The second-order valence-electron chi connectivity index (χ2n) is 7.57. The van der Waals surface area contributed by atoms with Crippen LogP contribution >= 0.6 is 0 Å². The Morgan fingerprint density at radius 1 is 0.781 bits per heavy atom. The standard InChI is InChI=1S/C24H19F5O3/c1-13-11-30-23(31-12-13)15-4-2-14(3-5-15)16-6-7-18(19(25)8-16)17-9-20(26)22(21(27)10-17)32-24(28)29/h2-10,13,23-24H,11-12H2,1H3. The predicted octanol–water partition coefficient (Wildman–Crippen LogP) is 6.72. The molecule has 1 fully saturated rings. The van der Waals surface area contributed by atoms with Crippen molar-refractivity contribution in [2.75, 3.05) is 13.2 Å². The summed E-state index contributed by atoms with van der Waals surface area (Å²) in [4.78, 5) is 0. The van der Waals surface area contributed by atoms with Gasteiger partial charge in [0.25, 0.3) is 0 Å². The lowest BCUT2D eigenvalue weighted by molar-refractivity contribution is -0.202. The van der Waals surface area contributed by atoms with Crippen molar-refractivity contribution >= 4 is 0 Å². The number of benzene rings is 3. The Morgan fingerprint density at radius 2 is 1.34 bits per heavy atom. The maximum absolute atomic E-state index is 14.8. The number of halogens is 5. The monoisotopic (exact) mass is 450 g/mol. The molecule has 0 aromatic heterocycles. The molecular formula is C24H19F5O3. The first kappa shape index (κ1) is 22.2. The van der Waals surface area contributed by atoms with Crippen LogP contribution in [0.1, 0.15) is 18.8 Å². The van der Waals surface area contributed by atoms with Crippen molar-refractivity contribution in [2.24, 2.45) is 5.92 Å². The third kappa shape index (κ3) is 4.76. The van der Waals surface area contributed by atoms with E-state index in [9.17, 15) is 22.0 Å². The zero-order valence-electron chi connectivity index (χ0n) is 17.0. The highest BCUT2D eigenvalue weighted by Gasteiger charge is 2.21. The maximum atomic E-state index is 14.8. The number of ether oxygens (including phenoxy) is 3.